The summed E-state index contributed by atoms with van der Waals surface area (Å²) in [6.07, 6.45) is 15.5. The molecule has 0 aromatic heterocycles. The number of fused-ring (bicyclic) bond motifs is 10. The molecular weight excluding hydrogens is 1940 g/mol. The summed E-state index contributed by atoms with van der Waals surface area (Å²) in [7, 11) is -17.7. The fraction of sp³-hybridized carbons (Fsp3) is 0.486. The number of rotatable bonds is 4. The Hall–Kier alpha value is -5.59. The molecule has 2 bridgehead atoms. The molecule has 2 N–H and O–H groups in total. The van der Waals surface area contributed by atoms with Crippen molar-refractivity contribution in [1.82, 2.24) is 0 Å². The molecule has 2 aliphatic carbocycles. The summed E-state index contributed by atoms with van der Waals surface area (Å²) in [5.41, 5.74) is 0. The van der Waals surface area contributed by atoms with Gasteiger partial charge in [-0.3, -0.25) is 12.9 Å². The van der Waals surface area contributed by atoms with Gasteiger partial charge in [-0.05, 0) is 197 Å². The number of hydrogen-bond donors (Lipinski definition) is 2. The second-order valence-corrected chi connectivity index (χ2v) is 69.8. The first-order chi connectivity index (χ1) is 60.6. The van der Waals surface area contributed by atoms with Crippen LogP contribution in [0.1, 0.15) is 206 Å². The van der Waals surface area contributed by atoms with Gasteiger partial charge in [-0.25, -0.2) is 0 Å². The van der Waals surface area contributed by atoms with Gasteiger partial charge in [-0.2, -0.15) is 0 Å². The Labute approximate surface area is 817 Å². The van der Waals surface area contributed by atoms with Gasteiger partial charge in [0.05, 0.1) is 53.5 Å². The normalized spacial score (nSPS) is 27.0. The van der Waals surface area contributed by atoms with Crippen LogP contribution < -0.4 is 85.0 Å². The third kappa shape index (κ3) is 24.6. The monoisotopic (exact) mass is 2090 g/mol. The predicted molar refractivity (Wildman–Crippen MR) is 560 cm³/mol. The average molecular weight is 2090 g/mol. The van der Waals surface area contributed by atoms with E-state index in [4.69, 9.17) is 47.7 Å². The number of aromatic hydroxyl groups is 1. The van der Waals surface area contributed by atoms with E-state index in [1.165, 1.54) is 46.9 Å². The van der Waals surface area contributed by atoms with Crippen molar-refractivity contribution in [3.8, 4) is 51.7 Å². The van der Waals surface area contributed by atoms with Crippen LogP contribution in [0.15, 0.2) is 212 Å². The number of para-hydroxylation sites is 7. The first kappa shape index (κ1) is 115. The second-order valence-electron chi connectivity index (χ2n) is 42.4. The SMILES string of the molecule is C1=CC2C=CC1C2.CC(C)(C)[P@@]1(=O)c2ccccc2O[C@@H]1[C@H]1Oc2ccccc2[P@]1(=O)C(C)(C)C.CC(C)(C)[P@@]1c2ccccc2O[C@@H]1[C@H]1Oc2ccccc2[P@]1C(C)(C)C.CC(C)(C)[P@]1(=O)COc2cccc(O)c21.CC(C)(C)[P@]1(=O)COc2ccccc21.CC(C)(C)[PH+]1c2ccccc2O[C@@H]1[C@H]1Oc2ccccc2[PH+]1C(C)(C)C.CCC1CCCO1.CCO.FB(F)F.[CH3-].[CH3-].[F-].[Rh+3]. The molecule has 3 unspecified atom stereocenters. The molecule has 0 spiro atoms. The van der Waals surface area contributed by atoms with Crippen molar-refractivity contribution in [2.45, 2.75) is 288 Å². The Morgan fingerprint density at radius 3 is 1.07 bits per heavy atom. The molecule has 1 saturated heterocycles. The maximum Gasteiger partial charge on any atom is 3.00 e. The molecular formula is C105H148BF4O15P8Rh+2. The molecule has 9 heterocycles. The number of hydrogen-bond acceptors (Lipinski definition) is 15. The maximum atomic E-state index is 14.6. The number of allylic oxidation sites excluding steroid dienone is 4. The van der Waals surface area contributed by atoms with E-state index in [-0.39, 0.29) is 112 Å². The average Bonchev–Trinajstić information content (AvgIpc) is 1.53. The third-order valence-corrected chi connectivity index (χ3v) is 55.4. The van der Waals surface area contributed by atoms with Crippen molar-refractivity contribution in [2.75, 3.05) is 25.9 Å². The van der Waals surface area contributed by atoms with Crippen LogP contribution in [0.5, 0.6) is 51.7 Å². The third-order valence-electron chi connectivity index (χ3n) is 25.0. The quantitative estimate of drug-likeness (QED) is 0.0555. The molecule has 134 heavy (non-hydrogen) atoms. The van der Waals surface area contributed by atoms with Crippen LogP contribution >= 0.6 is 60.3 Å². The second kappa shape index (κ2) is 45.6. The van der Waals surface area contributed by atoms with Gasteiger partial charge in [0, 0.05) is 44.4 Å². The van der Waals surface area contributed by atoms with Crippen LogP contribution in [0, 0.1) is 26.7 Å². The molecule has 1 fully saturated rings. The van der Waals surface area contributed by atoms with E-state index >= 15 is 0 Å². The zero-order valence-corrected chi connectivity index (χ0v) is 92.9. The van der Waals surface area contributed by atoms with Crippen molar-refractivity contribution >= 4 is 110 Å². The largest absolute Gasteiger partial charge is 3.00 e. The van der Waals surface area contributed by atoms with E-state index in [9.17, 15) is 36.3 Å². The number of ether oxygens (including phenoxy) is 9. The van der Waals surface area contributed by atoms with Crippen molar-refractivity contribution in [1.29, 1.82) is 0 Å². The minimum absolute atomic E-state index is 0. The summed E-state index contributed by atoms with van der Waals surface area (Å²) in [4.78, 5) is 0. The van der Waals surface area contributed by atoms with Crippen molar-refractivity contribution < 1.29 is 108 Å². The van der Waals surface area contributed by atoms with Gasteiger partial charge in [0.1, 0.15) is 63.6 Å². The fourth-order valence-electron chi connectivity index (χ4n) is 18.4. The zero-order chi connectivity index (χ0) is 95.7. The molecule has 15 nitrogen and oxygen atoms in total. The number of aliphatic hydroxyl groups excluding tert-OH is 1. The first-order valence-electron chi connectivity index (χ1n) is 45.6. The number of halogens is 4. The van der Waals surface area contributed by atoms with Gasteiger partial charge < -0.3 is 90.7 Å². The molecule has 8 aromatic carbocycles. The summed E-state index contributed by atoms with van der Waals surface area (Å²) in [5.74, 6) is 7.57. The van der Waals surface area contributed by atoms with E-state index in [0.29, 0.717) is 35.0 Å². The molecule has 19 rings (SSSR count). The van der Waals surface area contributed by atoms with E-state index < -0.39 is 89.8 Å². The van der Waals surface area contributed by atoms with Gasteiger partial charge in [-0.15, -0.1) is 0 Å². The van der Waals surface area contributed by atoms with Crippen LogP contribution in [0.25, 0.3) is 0 Å². The number of aliphatic hydroxyl groups is 1. The maximum absolute atomic E-state index is 14.6. The summed E-state index contributed by atoms with van der Waals surface area (Å²) in [6, 6.07) is 62.1. The van der Waals surface area contributed by atoms with E-state index in [1.54, 1.807) is 25.1 Å². The Kier molecular flexibility index (Phi) is 39.2. The summed E-state index contributed by atoms with van der Waals surface area (Å²) in [5, 5.41) is 25.0. The summed E-state index contributed by atoms with van der Waals surface area (Å²) >= 11 is 0. The topological polar surface area (TPSA) is 192 Å². The molecule has 0 radical (unpaired) electrons. The van der Waals surface area contributed by atoms with Crippen molar-refractivity contribution in [2.24, 2.45) is 11.8 Å². The Bertz CT molecular complexity index is 5110. The summed E-state index contributed by atoms with van der Waals surface area (Å²) in [6.45, 7) is 57.0. The minimum Gasteiger partial charge on any atom is -1.00 e. The Morgan fingerprint density at radius 1 is 0.418 bits per heavy atom. The molecule has 9 aliphatic heterocycles. The summed E-state index contributed by atoms with van der Waals surface area (Å²) < 4.78 is 139. The van der Waals surface area contributed by atoms with Gasteiger partial charge in [-0.1, -0.05) is 259 Å². The van der Waals surface area contributed by atoms with Crippen LogP contribution in [-0.4, -0.2) is 126 Å². The van der Waals surface area contributed by atoms with Crippen molar-refractivity contribution in [3.05, 3.63) is 227 Å². The van der Waals surface area contributed by atoms with E-state index in [0.717, 1.165) is 63.1 Å². The van der Waals surface area contributed by atoms with Crippen LogP contribution in [0.2, 0.25) is 0 Å². The molecule has 29 heteroatoms. The standard InChI is InChI=1S/C22H28O4P2.2C22H28O2P2.C11H15O3P.C11H15O2P.C7H8.C6H12O.C2H6O.2CH3.BF3.FH.Rh/c1-21(2,3)27(23)17-13-9-7-11-15(17)25-19(27)20-26-16-12-8-10-14-18(16)28(20,24)22(4,5)6;2*1-21(2,3)25-17-13-9-7-11-15(17)23-19(25)20-24-16-12-8-10-14-18(16)26(20)22(4,5)6;1-11(2,3)15(13)7-14-9-6-4-5-8(12)10(9)15;1-11(2,3)14(12)8-13-9-6-4-5-7-10(9)14;1-2-7-4-3-6(1)5-7;1-2-6-4-3-5-7-6;1-2-3;;;2-1(3)4;;/h7-14,19-20H,1-6H3;2*7-14,19-20H,1-6H3;4-6,12H,7H2,1-3H3;4-7H,8H2,1-3H3;1-4,6-7H,5H2;6H,2-5H2,1H3;3H,2H2,1H3;2*1H3;;1H;/q;;;;;;;;2*-1;;;+3/p+1/t19-,20-,27+,28+;19-,20-,25?,26?;19-,20-,25-,26-;15-;14-;;;;;;;;/m00000......../s1. The first-order valence-corrected chi connectivity index (χ1v) is 58.9. The molecule has 0 amide bonds. The van der Waals surface area contributed by atoms with E-state index in [1.807, 2.05) is 156 Å². The van der Waals surface area contributed by atoms with Gasteiger partial charge in [0.2, 0.25) is 0 Å². The van der Waals surface area contributed by atoms with Gasteiger partial charge in [0.25, 0.3) is 11.7 Å². The predicted octanol–water partition coefficient (Wildman–Crippen LogP) is 23.6. The Morgan fingerprint density at radius 2 is 0.746 bits per heavy atom. The number of benzene rings is 8. The molecule has 15 atom stereocenters. The van der Waals surface area contributed by atoms with E-state index in [2.05, 4.69) is 211 Å². The molecule has 8 aromatic rings. The Balaban J connectivity index is 0.000000218. The molecule has 0 saturated carbocycles. The zero-order valence-electron chi connectivity index (χ0n) is 83.9. The van der Waals surface area contributed by atoms with Crippen LogP contribution in [-0.2, 0) is 42.5 Å². The van der Waals surface area contributed by atoms with Crippen LogP contribution in [0.4, 0.5) is 12.9 Å². The minimum atomic E-state index is -3.67. The van der Waals surface area contributed by atoms with Crippen LogP contribution in [0.3, 0.4) is 0 Å². The van der Waals surface area contributed by atoms with Gasteiger partial charge >= 0.3 is 27.0 Å². The smallest absolute Gasteiger partial charge is 1.00 e. The number of phenols is 1. The number of phenolic OH excluding ortho intramolecular Hbond substituents is 1. The molecule has 736 valence electrons. The fourth-order valence-corrected chi connectivity index (χ4v) is 44.9. The van der Waals surface area contributed by atoms with Gasteiger partial charge in [0.15, 0.2) is 63.4 Å². The molecule has 11 aliphatic rings. The van der Waals surface area contributed by atoms with Crippen molar-refractivity contribution in [3.63, 3.8) is 0 Å².